The zero-order chi connectivity index (χ0) is 19.5. The molecule has 0 radical (unpaired) electrons. The van der Waals surface area contributed by atoms with Gasteiger partial charge >= 0.3 is 0 Å². The summed E-state index contributed by atoms with van der Waals surface area (Å²) >= 11 is 0. The Morgan fingerprint density at radius 1 is 1.04 bits per heavy atom. The third kappa shape index (κ3) is 4.01. The standard InChI is InChI=1S/C22H20F2N4/c1-14-10-19-17(13-27-22(19)26-12-14)11-16-4-7-20(28-21(16)24)25-9-8-15-2-5-18(23)6-3-15/h2-7,10,12-13H,8-9,11H2,1H3,(H,25,28)(H,26,27). The lowest BCUT2D eigenvalue weighted by Gasteiger charge is -2.08. The first-order chi connectivity index (χ1) is 13.6. The maximum absolute atomic E-state index is 14.5. The predicted molar refractivity (Wildman–Crippen MR) is 106 cm³/mol. The third-order valence-electron chi connectivity index (χ3n) is 4.69. The lowest BCUT2D eigenvalue weighted by molar-refractivity contribution is 0.571. The largest absolute Gasteiger partial charge is 0.370 e. The number of H-pyrrole nitrogens is 1. The number of nitrogens with zero attached hydrogens (tertiary/aromatic N) is 2. The molecule has 0 fully saturated rings. The van der Waals surface area contributed by atoms with Gasteiger partial charge in [-0.2, -0.15) is 4.39 Å². The molecule has 0 bridgehead atoms. The van der Waals surface area contributed by atoms with Crippen LogP contribution in [0.3, 0.4) is 0 Å². The Balaban J connectivity index is 1.42. The van der Waals surface area contributed by atoms with Crippen molar-refractivity contribution >= 4 is 16.9 Å². The molecule has 4 rings (SSSR count). The summed E-state index contributed by atoms with van der Waals surface area (Å²) in [6.07, 6.45) is 4.81. The number of fused-ring (bicyclic) bond motifs is 1. The number of benzene rings is 1. The quantitative estimate of drug-likeness (QED) is 0.474. The van der Waals surface area contributed by atoms with Gasteiger partial charge in [-0.15, -0.1) is 0 Å². The fraction of sp³-hybridized carbons (Fsp3) is 0.182. The number of aromatic nitrogens is 3. The molecule has 4 aromatic rings. The Labute approximate surface area is 161 Å². The normalized spacial score (nSPS) is 11.1. The molecule has 0 aliphatic carbocycles. The van der Waals surface area contributed by atoms with Crippen LogP contribution in [0.25, 0.3) is 11.0 Å². The van der Waals surface area contributed by atoms with Crippen LogP contribution in [0.4, 0.5) is 14.6 Å². The number of pyridine rings is 2. The number of hydrogen-bond donors (Lipinski definition) is 2. The molecule has 0 saturated heterocycles. The van der Waals surface area contributed by atoms with Gasteiger partial charge in [0.2, 0.25) is 5.95 Å². The van der Waals surface area contributed by atoms with Crippen LogP contribution in [0.2, 0.25) is 0 Å². The van der Waals surface area contributed by atoms with Crippen LogP contribution in [0.5, 0.6) is 0 Å². The van der Waals surface area contributed by atoms with Crippen LogP contribution < -0.4 is 5.32 Å². The highest BCUT2D eigenvalue weighted by Crippen LogP contribution is 2.22. The maximum atomic E-state index is 14.5. The topological polar surface area (TPSA) is 53.6 Å². The van der Waals surface area contributed by atoms with Gasteiger partial charge in [0.1, 0.15) is 17.3 Å². The molecule has 0 saturated carbocycles. The van der Waals surface area contributed by atoms with E-state index in [0.717, 1.165) is 27.7 Å². The number of hydrogen-bond acceptors (Lipinski definition) is 3. The zero-order valence-electron chi connectivity index (χ0n) is 15.5. The monoisotopic (exact) mass is 378 g/mol. The number of anilines is 1. The van der Waals surface area contributed by atoms with E-state index >= 15 is 0 Å². The third-order valence-corrected chi connectivity index (χ3v) is 4.69. The first kappa shape index (κ1) is 18.1. The highest BCUT2D eigenvalue weighted by atomic mass is 19.1. The van der Waals surface area contributed by atoms with Gasteiger partial charge in [0, 0.05) is 36.3 Å². The SMILES string of the molecule is Cc1cnc2[nH]cc(Cc3ccc(NCCc4ccc(F)cc4)nc3F)c2c1. The Morgan fingerprint density at radius 3 is 2.64 bits per heavy atom. The van der Waals surface area contributed by atoms with Gasteiger partial charge in [0.15, 0.2) is 0 Å². The Morgan fingerprint density at radius 2 is 1.86 bits per heavy atom. The highest BCUT2D eigenvalue weighted by molar-refractivity contribution is 5.80. The molecule has 6 heteroatoms. The summed E-state index contributed by atoms with van der Waals surface area (Å²) in [7, 11) is 0. The maximum Gasteiger partial charge on any atom is 0.218 e. The van der Waals surface area contributed by atoms with Crippen LogP contribution in [-0.2, 0) is 12.8 Å². The van der Waals surface area contributed by atoms with Crippen molar-refractivity contribution in [1.82, 2.24) is 15.0 Å². The Hall–Kier alpha value is -3.28. The van der Waals surface area contributed by atoms with Crippen LogP contribution in [-0.4, -0.2) is 21.5 Å². The van der Waals surface area contributed by atoms with Gasteiger partial charge in [-0.3, -0.25) is 0 Å². The van der Waals surface area contributed by atoms with Crippen LogP contribution in [0.15, 0.2) is 54.9 Å². The van der Waals surface area contributed by atoms with E-state index in [4.69, 9.17) is 0 Å². The molecule has 0 atom stereocenters. The average Bonchev–Trinajstić information content (AvgIpc) is 3.07. The second kappa shape index (κ2) is 7.76. The molecule has 28 heavy (non-hydrogen) atoms. The van der Waals surface area contributed by atoms with Crippen LogP contribution >= 0.6 is 0 Å². The second-order valence-electron chi connectivity index (χ2n) is 6.85. The van der Waals surface area contributed by atoms with Gasteiger partial charge in [-0.1, -0.05) is 18.2 Å². The molecule has 0 unspecified atom stereocenters. The summed E-state index contributed by atoms with van der Waals surface area (Å²) in [5.41, 5.74) is 4.39. The number of nitrogens with one attached hydrogen (secondary N) is 2. The summed E-state index contributed by atoms with van der Waals surface area (Å²) in [5, 5.41) is 4.11. The van der Waals surface area contributed by atoms with E-state index in [2.05, 4.69) is 20.3 Å². The molecule has 1 aromatic carbocycles. The van der Waals surface area contributed by atoms with Gasteiger partial charge < -0.3 is 10.3 Å². The van der Waals surface area contributed by atoms with E-state index in [-0.39, 0.29) is 5.82 Å². The van der Waals surface area contributed by atoms with Crippen molar-refractivity contribution in [1.29, 1.82) is 0 Å². The van der Waals surface area contributed by atoms with Crippen molar-refractivity contribution < 1.29 is 8.78 Å². The first-order valence-electron chi connectivity index (χ1n) is 9.15. The fourth-order valence-corrected chi connectivity index (χ4v) is 3.19. The van der Waals surface area contributed by atoms with E-state index in [0.29, 0.717) is 30.8 Å². The summed E-state index contributed by atoms with van der Waals surface area (Å²) in [5.74, 6) is -0.251. The molecule has 142 valence electrons. The van der Waals surface area contributed by atoms with Crippen molar-refractivity contribution in [2.45, 2.75) is 19.8 Å². The van der Waals surface area contributed by atoms with E-state index < -0.39 is 5.95 Å². The number of rotatable bonds is 6. The molecule has 4 nitrogen and oxygen atoms in total. The van der Waals surface area contributed by atoms with Crippen LogP contribution in [0, 0.1) is 18.7 Å². The van der Waals surface area contributed by atoms with Crippen molar-refractivity contribution in [2.24, 2.45) is 0 Å². The molecule has 3 aromatic heterocycles. The molecule has 0 amide bonds. The van der Waals surface area contributed by atoms with E-state index in [1.807, 2.05) is 19.2 Å². The van der Waals surface area contributed by atoms with Gasteiger partial charge in [0.05, 0.1) is 0 Å². The molecule has 0 aliphatic rings. The van der Waals surface area contributed by atoms with Crippen molar-refractivity contribution in [2.75, 3.05) is 11.9 Å². The molecule has 2 N–H and O–H groups in total. The summed E-state index contributed by atoms with van der Waals surface area (Å²) in [4.78, 5) is 11.5. The van der Waals surface area contributed by atoms with Gasteiger partial charge in [-0.25, -0.2) is 14.4 Å². The zero-order valence-corrected chi connectivity index (χ0v) is 15.5. The molecule has 0 spiro atoms. The molecular weight excluding hydrogens is 358 g/mol. The molecular formula is C22H20F2N4. The Kier molecular flexibility index (Phi) is 5.02. The smallest absolute Gasteiger partial charge is 0.218 e. The molecule has 3 heterocycles. The van der Waals surface area contributed by atoms with E-state index in [1.54, 1.807) is 30.5 Å². The molecule has 0 aliphatic heterocycles. The van der Waals surface area contributed by atoms with E-state index in [1.165, 1.54) is 12.1 Å². The van der Waals surface area contributed by atoms with E-state index in [9.17, 15) is 8.78 Å². The number of aryl methyl sites for hydroxylation is 1. The Bertz CT molecular complexity index is 1100. The van der Waals surface area contributed by atoms with Gasteiger partial charge in [-0.05, 0) is 54.3 Å². The minimum absolute atomic E-state index is 0.253. The summed E-state index contributed by atoms with van der Waals surface area (Å²) in [6, 6.07) is 11.9. The second-order valence-corrected chi connectivity index (χ2v) is 6.85. The van der Waals surface area contributed by atoms with Crippen LogP contribution in [0.1, 0.15) is 22.3 Å². The predicted octanol–water partition coefficient (Wildman–Crippen LogP) is 4.79. The fourth-order valence-electron chi connectivity index (χ4n) is 3.19. The summed E-state index contributed by atoms with van der Waals surface area (Å²) in [6.45, 7) is 2.57. The minimum Gasteiger partial charge on any atom is -0.370 e. The average molecular weight is 378 g/mol. The minimum atomic E-state index is -0.484. The lowest BCUT2D eigenvalue weighted by atomic mass is 10.1. The highest BCUT2D eigenvalue weighted by Gasteiger charge is 2.11. The van der Waals surface area contributed by atoms with Crippen molar-refractivity contribution in [3.05, 3.63) is 88.9 Å². The summed E-state index contributed by atoms with van der Waals surface area (Å²) < 4.78 is 27.4. The van der Waals surface area contributed by atoms with Crippen molar-refractivity contribution in [3.63, 3.8) is 0 Å². The number of aromatic amines is 1. The van der Waals surface area contributed by atoms with Crippen molar-refractivity contribution in [3.8, 4) is 0 Å². The lowest BCUT2D eigenvalue weighted by Crippen LogP contribution is -2.08. The number of halogens is 2. The van der Waals surface area contributed by atoms with Gasteiger partial charge in [0.25, 0.3) is 0 Å². The first-order valence-corrected chi connectivity index (χ1v) is 9.15.